The molecule has 3 fully saturated rings. The maximum absolute atomic E-state index is 13.9. The van der Waals surface area contributed by atoms with Crippen LogP contribution in [0.3, 0.4) is 0 Å². The normalized spacial score (nSPS) is 30.7. The number of ether oxygens (including phenoxy) is 2. The summed E-state index contributed by atoms with van der Waals surface area (Å²) in [5.41, 5.74) is 0.642. The number of amides is 3. The van der Waals surface area contributed by atoms with E-state index in [1.54, 1.807) is 4.90 Å². The molecule has 3 heterocycles. The van der Waals surface area contributed by atoms with Gasteiger partial charge in [0, 0.05) is 24.9 Å². The lowest BCUT2D eigenvalue weighted by atomic mass is 9.74. The molecule has 2 N–H and O–H groups in total. The zero-order valence-corrected chi connectivity index (χ0v) is 22.1. The lowest BCUT2D eigenvalue weighted by Crippen LogP contribution is -2.56. The number of likely N-dealkylation sites (tertiary alicyclic amines) is 1. The lowest BCUT2D eigenvalue weighted by molar-refractivity contribution is -0.141. The van der Waals surface area contributed by atoms with Crippen molar-refractivity contribution in [3.8, 4) is 0 Å². The lowest BCUT2D eigenvalue weighted by Gasteiger charge is -2.34. The van der Waals surface area contributed by atoms with Crippen molar-refractivity contribution in [2.24, 2.45) is 11.8 Å². The zero-order chi connectivity index (χ0) is 26.2. The van der Waals surface area contributed by atoms with Crippen molar-refractivity contribution in [3.05, 3.63) is 42.0 Å². The molecule has 1 aliphatic carbocycles. The Hall–Kier alpha value is -2.71. The van der Waals surface area contributed by atoms with E-state index in [1.165, 1.54) is 6.42 Å². The maximum Gasteiger partial charge on any atom is 0.246 e. The van der Waals surface area contributed by atoms with Gasteiger partial charge in [-0.15, -0.1) is 0 Å². The molecule has 1 saturated carbocycles. The summed E-state index contributed by atoms with van der Waals surface area (Å²) in [6.45, 7) is 6.80. The fourth-order valence-corrected chi connectivity index (χ4v) is 6.45. The summed E-state index contributed by atoms with van der Waals surface area (Å²) < 4.78 is 12.1. The molecule has 0 radical (unpaired) electrons. The molecule has 2 saturated heterocycles. The molecule has 1 aromatic rings. The van der Waals surface area contributed by atoms with Gasteiger partial charge in [0.05, 0.1) is 24.0 Å². The van der Waals surface area contributed by atoms with E-state index in [1.807, 2.05) is 57.2 Å². The van der Waals surface area contributed by atoms with E-state index in [0.717, 1.165) is 31.2 Å². The predicted molar refractivity (Wildman–Crippen MR) is 140 cm³/mol. The van der Waals surface area contributed by atoms with Crippen LogP contribution in [0.5, 0.6) is 0 Å². The van der Waals surface area contributed by atoms with Crippen LogP contribution in [0, 0.1) is 18.8 Å². The summed E-state index contributed by atoms with van der Waals surface area (Å²) in [7, 11) is 0. The number of nitrogens with one attached hydrogen (secondary N) is 2. The van der Waals surface area contributed by atoms with Gasteiger partial charge in [0.2, 0.25) is 17.7 Å². The van der Waals surface area contributed by atoms with Crippen molar-refractivity contribution in [1.29, 1.82) is 0 Å². The first kappa shape index (κ1) is 25.9. The van der Waals surface area contributed by atoms with Gasteiger partial charge in [0.15, 0.2) is 0 Å². The number of hydrogen-bond donors (Lipinski definition) is 2. The van der Waals surface area contributed by atoms with E-state index >= 15 is 0 Å². The third-order valence-corrected chi connectivity index (χ3v) is 8.19. The summed E-state index contributed by atoms with van der Waals surface area (Å²) in [5, 5.41) is 6.19. The molecule has 8 heteroatoms. The van der Waals surface area contributed by atoms with Gasteiger partial charge >= 0.3 is 0 Å². The minimum Gasteiger partial charge on any atom is -0.379 e. The third-order valence-electron chi connectivity index (χ3n) is 8.19. The van der Waals surface area contributed by atoms with Crippen LogP contribution in [0.15, 0.2) is 36.4 Å². The fourth-order valence-electron chi connectivity index (χ4n) is 6.45. The fraction of sp³-hybridized carbons (Fsp3) is 0.621. The number of benzene rings is 1. The second-order valence-corrected chi connectivity index (χ2v) is 11.2. The number of carbonyl (C=O) groups excluding carboxylic acids is 3. The molecule has 5 atom stereocenters. The number of carbonyl (C=O) groups is 3. The first-order valence-corrected chi connectivity index (χ1v) is 13.8. The molecule has 8 nitrogen and oxygen atoms in total. The van der Waals surface area contributed by atoms with Gasteiger partial charge in [-0.25, -0.2) is 0 Å². The van der Waals surface area contributed by atoms with Crippen molar-refractivity contribution >= 4 is 23.4 Å². The number of rotatable bonds is 9. The van der Waals surface area contributed by atoms with Gasteiger partial charge in [-0.05, 0) is 52.2 Å². The molecule has 1 spiro atoms. The molecule has 3 amide bonds. The van der Waals surface area contributed by atoms with E-state index in [-0.39, 0.29) is 29.9 Å². The Morgan fingerprint density at radius 1 is 1.14 bits per heavy atom. The summed E-state index contributed by atoms with van der Waals surface area (Å²) in [5.74, 6) is -2.06. The number of fused-ring (bicyclic) bond motifs is 1. The van der Waals surface area contributed by atoms with Crippen molar-refractivity contribution < 1.29 is 23.9 Å². The highest BCUT2D eigenvalue weighted by Gasteiger charge is 2.72. The van der Waals surface area contributed by atoms with E-state index < -0.39 is 29.6 Å². The molecule has 5 rings (SSSR count). The predicted octanol–water partition coefficient (Wildman–Crippen LogP) is 3.35. The Balaban J connectivity index is 1.39. The average Bonchev–Trinajstić information content (AvgIpc) is 3.51. The molecule has 3 aliphatic heterocycles. The summed E-state index contributed by atoms with van der Waals surface area (Å²) >= 11 is 0. The summed E-state index contributed by atoms with van der Waals surface area (Å²) in [6.07, 6.45) is 9.17. The Morgan fingerprint density at radius 2 is 1.86 bits per heavy atom. The number of nitrogens with zero attached hydrogens (tertiary/aromatic N) is 1. The average molecular weight is 510 g/mol. The van der Waals surface area contributed by atoms with Gasteiger partial charge in [-0.3, -0.25) is 14.4 Å². The second-order valence-electron chi connectivity index (χ2n) is 11.2. The Labute approximate surface area is 219 Å². The van der Waals surface area contributed by atoms with Gasteiger partial charge in [-0.2, -0.15) is 0 Å². The first-order chi connectivity index (χ1) is 17.8. The molecule has 0 aromatic heterocycles. The second kappa shape index (κ2) is 10.6. The van der Waals surface area contributed by atoms with Gasteiger partial charge in [-0.1, -0.05) is 49.1 Å². The number of anilines is 1. The quantitative estimate of drug-likeness (QED) is 0.393. The molecule has 1 aromatic carbocycles. The van der Waals surface area contributed by atoms with Crippen molar-refractivity contribution in [2.75, 3.05) is 18.5 Å². The summed E-state index contributed by atoms with van der Waals surface area (Å²) in [4.78, 5) is 42.9. The van der Waals surface area contributed by atoms with E-state index in [0.29, 0.717) is 25.3 Å². The summed E-state index contributed by atoms with van der Waals surface area (Å²) in [6, 6.07) is 6.88. The minimum absolute atomic E-state index is 0.0920. The molecule has 0 unspecified atom stereocenters. The highest BCUT2D eigenvalue weighted by atomic mass is 16.5. The van der Waals surface area contributed by atoms with Crippen LogP contribution < -0.4 is 10.6 Å². The molecular formula is C29H39N3O5. The molecule has 2 bridgehead atoms. The SMILES string of the molecule is Cc1ccc(NC(=O)[C@@H]2[C@H]3C=C[C@]4(O3)[C@H](C(=O)NC3CCCCC3)N(CCCOC(C)C)C(=O)[C@@H]24)cc1. The highest BCUT2D eigenvalue weighted by Crippen LogP contribution is 2.55. The van der Waals surface area contributed by atoms with E-state index in [4.69, 9.17) is 9.47 Å². The third kappa shape index (κ3) is 4.93. The largest absolute Gasteiger partial charge is 0.379 e. The van der Waals surface area contributed by atoms with Crippen LogP contribution in [0.25, 0.3) is 0 Å². The molecule has 200 valence electrons. The highest BCUT2D eigenvalue weighted by molar-refractivity contribution is 6.02. The Bertz CT molecular complexity index is 1050. The Kier molecular flexibility index (Phi) is 7.41. The van der Waals surface area contributed by atoms with Crippen LogP contribution >= 0.6 is 0 Å². The minimum atomic E-state index is -1.13. The number of aryl methyl sites for hydroxylation is 1. The topological polar surface area (TPSA) is 97.0 Å². The maximum atomic E-state index is 13.9. The molecule has 37 heavy (non-hydrogen) atoms. The standard InChI is InChI=1S/C29H39N3O5/c1-18(2)36-17-7-16-32-25(27(34)31-20-8-5-4-6-9-20)29-15-14-22(37-29)23(24(29)28(32)35)26(33)30-21-12-10-19(3)11-13-21/h10-15,18,20,22-25H,4-9,16-17H2,1-3H3,(H,30,33)(H,31,34)/t22-,23-,24-,25+,29-/m1/s1. The van der Waals surface area contributed by atoms with E-state index in [2.05, 4.69) is 10.6 Å². The van der Waals surface area contributed by atoms with Gasteiger partial charge < -0.3 is 25.0 Å². The molecular weight excluding hydrogens is 470 g/mol. The van der Waals surface area contributed by atoms with Crippen LogP contribution in [-0.4, -0.2) is 65.7 Å². The van der Waals surface area contributed by atoms with Crippen LogP contribution in [0.4, 0.5) is 5.69 Å². The van der Waals surface area contributed by atoms with Crippen molar-refractivity contribution in [2.45, 2.75) is 89.2 Å². The monoisotopic (exact) mass is 509 g/mol. The van der Waals surface area contributed by atoms with Gasteiger partial charge in [0.25, 0.3) is 0 Å². The molecule has 4 aliphatic rings. The van der Waals surface area contributed by atoms with Crippen LogP contribution in [0.2, 0.25) is 0 Å². The van der Waals surface area contributed by atoms with Crippen LogP contribution in [-0.2, 0) is 23.9 Å². The Morgan fingerprint density at radius 3 is 2.57 bits per heavy atom. The van der Waals surface area contributed by atoms with Crippen molar-refractivity contribution in [1.82, 2.24) is 10.2 Å². The smallest absolute Gasteiger partial charge is 0.246 e. The number of hydrogen-bond acceptors (Lipinski definition) is 5. The zero-order valence-electron chi connectivity index (χ0n) is 22.1. The first-order valence-electron chi connectivity index (χ1n) is 13.8. The van der Waals surface area contributed by atoms with E-state index in [9.17, 15) is 14.4 Å². The van der Waals surface area contributed by atoms with Gasteiger partial charge in [0.1, 0.15) is 11.6 Å². The van der Waals surface area contributed by atoms with Crippen LogP contribution in [0.1, 0.15) is 57.9 Å². The van der Waals surface area contributed by atoms with Crippen molar-refractivity contribution in [3.63, 3.8) is 0 Å².